The van der Waals surface area contributed by atoms with E-state index in [1.54, 1.807) is 28.8 Å². The van der Waals surface area contributed by atoms with Crippen LogP contribution in [-0.2, 0) is 6.42 Å². The quantitative estimate of drug-likeness (QED) is 0.588. The molecule has 8 nitrogen and oxygen atoms in total. The second kappa shape index (κ2) is 7.71. The van der Waals surface area contributed by atoms with E-state index >= 15 is 0 Å². The predicted octanol–water partition coefficient (Wildman–Crippen LogP) is 0.809. The molecule has 0 atom stereocenters. The summed E-state index contributed by atoms with van der Waals surface area (Å²) in [5.41, 5.74) is 2.38. The second-order valence-electron chi connectivity index (χ2n) is 5.63. The average molecular weight is 340 g/mol. The van der Waals surface area contributed by atoms with E-state index < -0.39 is 0 Å². The van der Waals surface area contributed by atoms with Gasteiger partial charge >= 0.3 is 0 Å². The molecule has 0 radical (unpaired) electrons. The summed E-state index contributed by atoms with van der Waals surface area (Å²) in [6, 6.07) is 11.0. The van der Waals surface area contributed by atoms with Crippen molar-refractivity contribution in [3.8, 4) is 0 Å². The third-order valence-electron chi connectivity index (χ3n) is 3.69. The number of benzene rings is 1. The molecule has 0 aliphatic heterocycles. The molecule has 0 bridgehead atoms. The van der Waals surface area contributed by atoms with Gasteiger partial charge in [0.25, 0.3) is 5.91 Å². The van der Waals surface area contributed by atoms with Gasteiger partial charge in [0, 0.05) is 25.1 Å². The molecule has 0 saturated carbocycles. The standard InChI is InChI=1S/C17H20N6O2/c1-12-2-4-13(5-3-12)17(25)19-9-8-16-21-20-15-7-6-14(18-10-11-24)22-23(15)16/h2-7,24H,8-11H2,1H3,(H,18,22)(H,19,25). The Morgan fingerprint density at radius 2 is 1.92 bits per heavy atom. The number of fused-ring (bicyclic) bond motifs is 1. The van der Waals surface area contributed by atoms with Crippen molar-refractivity contribution in [2.24, 2.45) is 0 Å². The van der Waals surface area contributed by atoms with E-state index in [0.29, 0.717) is 42.4 Å². The lowest BCUT2D eigenvalue weighted by Gasteiger charge is -2.06. The Hall–Kier alpha value is -3.00. The fourth-order valence-electron chi connectivity index (χ4n) is 2.36. The van der Waals surface area contributed by atoms with Crippen molar-refractivity contribution in [1.82, 2.24) is 25.1 Å². The van der Waals surface area contributed by atoms with Crippen LogP contribution in [0.4, 0.5) is 5.82 Å². The van der Waals surface area contributed by atoms with E-state index in [1.165, 1.54) is 0 Å². The monoisotopic (exact) mass is 340 g/mol. The molecule has 0 aliphatic carbocycles. The Balaban J connectivity index is 1.62. The van der Waals surface area contributed by atoms with Crippen molar-refractivity contribution in [2.75, 3.05) is 25.0 Å². The lowest BCUT2D eigenvalue weighted by atomic mass is 10.1. The maximum absolute atomic E-state index is 12.1. The number of carbonyl (C=O) groups excluding carboxylic acids is 1. The summed E-state index contributed by atoms with van der Waals surface area (Å²) in [4.78, 5) is 12.1. The van der Waals surface area contributed by atoms with Gasteiger partial charge in [-0.2, -0.15) is 4.52 Å². The number of aromatic nitrogens is 4. The van der Waals surface area contributed by atoms with Gasteiger partial charge in [0.2, 0.25) is 0 Å². The third-order valence-corrected chi connectivity index (χ3v) is 3.69. The molecular formula is C17H20N6O2. The van der Waals surface area contributed by atoms with E-state index in [-0.39, 0.29) is 12.5 Å². The highest BCUT2D eigenvalue weighted by Crippen LogP contribution is 2.07. The minimum atomic E-state index is -0.118. The van der Waals surface area contributed by atoms with Crippen molar-refractivity contribution in [1.29, 1.82) is 0 Å². The lowest BCUT2D eigenvalue weighted by molar-refractivity contribution is 0.0954. The maximum atomic E-state index is 12.1. The first-order chi connectivity index (χ1) is 12.2. The molecular weight excluding hydrogens is 320 g/mol. The number of aliphatic hydroxyl groups is 1. The summed E-state index contributed by atoms with van der Waals surface area (Å²) >= 11 is 0. The van der Waals surface area contributed by atoms with Gasteiger partial charge in [0.05, 0.1) is 6.61 Å². The zero-order valence-corrected chi connectivity index (χ0v) is 13.9. The second-order valence-corrected chi connectivity index (χ2v) is 5.63. The minimum absolute atomic E-state index is 0.0276. The summed E-state index contributed by atoms with van der Waals surface area (Å²) in [6.45, 7) is 2.86. The van der Waals surface area contributed by atoms with E-state index in [0.717, 1.165) is 5.56 Å². The smallest absolute Gasteiger partial charge is 0.251 e. The van der Waals surface area contributed by atoms with Crippen LogP contribution in [0.3, 0.4) is 0 Å². The number of rotatable bonds is 7. The van der Waals surface area contributed by atoms with Crippen molar-refractivity contribution in [2.45, 2.75) is 13.3 Å². The van der Waals surface area contributed by atoms with Crippen LogP contribution in [-0.4, -0.2) is 50.5 Å². The van der Waals surface area contributed by atoms with Crippen LogP contribution in [0.5, 0.6) is 0 Å². The molecule has 0 aliphatic rings. The molecule has 8 heteroatoms. The number of hydrogen-bond donors (Lipinski definition) is 3. The van der Waals surface area contributed by atoms with Crippen LogP contribution in [0.1, 0.15) is 21.7 Å². The fourth-order valence-corrected chi connectivity index (χ4v) is 2.36. The van der Waals surface area contributed by atoms with E-state index in [1.807, 2.05) is 19.1 Å². The first kappa shape index (κ1) is 16.8. The normalized spacial score (nSPS) is 10.8. The summed E-state index contributed by atoms with van der Waals surface area (Å²) in [6.07, 6.45) is 0.509. The molecule has 3 rings (SSSR count). The number of aryl methyl sites for hydroxylation is 1. The van der Waals surface area contributed by atoms with Gasteiger partial charge in [-0.1, -0.05) is 17.7 Å². The predicted molar refractivity (Wildman–Crippen MR) is 93.6 cm³/mol. The Morgan fingerprint density at radius 1 is 1.12 bits per heavy atom. The first-order valence-electron chi connectivity index (χ1n) is 8.08. The molecule has 0 spiro atoms. The highest BCUT2D eigenvalue weighted by Gasteiger charge is 2.09. The summed E-state index contributed by atoms with van der Waals surface area (Å²) in [5, 5.41) is 27.3. The molecule has 3 N–H and O–H groups in total. The van der Waals surface area contributed by atoms with Gasteiger partial charge in [-0.25, -0.2) is 0 Å². The molecule has 0 fully saturated rings. The van der Waals surface area contributed by atoms with Crippen LogP contribution in [0.25, 0.3) is 5.65 Å². The summed E-state index contributed by atoms with van der Waals surface area (Å²) < 4.78 is 1.64. The molecule has 3 aromatic rings. The molecule has 2 aromatic heterocycles. The Kier molecular flexibility index (Phi) is 5.20. The largest absolute Gasteiger partial charge is 0.395 e. The fraction of sp³-hybridized carbons (Fsp3) is 0.294. The van der Waals surface area contributed by atoms with E-state index in [9.17, 15) is 4.79 Å². The highest BCUT2D eigenvalue weighted by atomic mass is 16.3. The van der Waals surface area contributed by atoms with Gasteiger partial charge in [0.15, 0.2) is 11.5 Å². The number of amides is 1. The molecule has 0 saturated heterocycles. The van der Waals surface area contributed by atoms with Crippen LogP contribution < -0.4 is 10.6 Å². The van der Waals surface area contributed by atoms with Gasteiger partial charge in [-0.05, 0) is 31.2 Å². The van der Waals surface area contributed by atoms with Crippen molar-refractivity contribution < 1.29 is 9.90 Å². The lowest BCUT2D eigenvalue weighted by Crippen LogP contribution is -2.26. The van der Waals surface area contributed by atoms with Gasteiger partial charge in [-0.3, -0.25) is 4.79 Å². The minimum Gasteiger partial charge on any atom is -0.395 e. The van der Waals surface area contributed by atoms with Crippen LogP contribution >= 0.6 is 0 Å². The third kappa shape index (κ3) is 4.10. The van der Waals surface area contributed by atoms with Crippen molar-refractivity contribution in [3.63, 3.8) is 0 Å². The molecule has 2 heterocycles. The first-order valence-corrected chi connectivity index (χ1v) is 8.08. The van der Waals surface area contributed by atoms with Gasteiger partial charge < -0.3 is 15.7 Å². The Morgan fingerprint density at radius 3 is 2.68 bits per heavy atom. The zero-order chi connectivity index (χ0) is 17.6. The molecule has 1 amide bonds. The SMILES string of the molecule is Cc1ccc(C(=O)NCCc2nnc3ccc(NCCO)nn23)cc1. The van der Waals surface area contributed by atoms with Crippen molar-refractivity contribution in [3.05, 3.63) is 53.3 Å². The van der Waals surface area contributed by atoms with E-state index in [4.69, 9.17) is 5.11 Å². The van der Waals surface area contributed by atoms with Crippen LogP contribution in [0.2, 0.25) is 0 Å². The van der Waals surface area contributed by atoms with Gasteiger partial charge in [-0.15, -0.1) is 15.3 Å². The number of aliphatic hydroxyl groups excluding tert-OH is 1. The summed E-state index contributed by atoms with van der Waals surface area (Å²) in [7, 11) is 0. The topological polar surface area (TPSA) is 104 Å². The molecule has 130 valence electrons. The van der Waals surface area contributed by atoms with Crippen molar-refractivity contribution >= 4 is 17.4 Å². The number of nitrogens with one attached hydrogen (secondary N) is 2. The highest BCUT2D eigenvalue weighted by molar-refractivity contribution is 5.94. The number of anilines is 1. The van der Waals surface area contributed by atoms with Crippen LogP contribution in [0.15, 0.2) is 36.4 Å². The average Bonchev–Trinajstić information content (AvgIpc) is 3.03. The molecule has 0 unspecified atom stereocenters. The maximum Gasteiger partial charge on any atom is 0.251 e. The van der Waals surface area contributed by atoms with Crippen LogP contribution in [0, 0.1) is 6.92 Å². The van der Waals surface area contributed by atoms with E-state index in [2.05, 4.69) is 25.9 Å². The number of carbonyl (C=O) groups is 1. The molecule has 1 aromatic carbocycles. The Labute approximate surface area is 144 Å². The van der Waals surface area contributed by atoms with Gasteiger partial charge in [0.1, 0.15) is 5.82 Å². The number of nitrogens with zero attached hydrogens (tertiary/aromatic N) is 4. The number of hydrogen-bond acceptors (Lipinski definition) is 6. The zero-order valence-electron chi connectivity index (χ0n) is 13.9. The Bertz CT molecular complexity index is 859. The summed E-state index contributed by atoms with van der Waals surface area (Å²) in [5.74, 6) is 1.17. The molecule has 25 heavy (non-hydrogen) atoms.